The van der Waals surface area contributed by atoms with E-state index in [1.165, 1.54) is 12.1 Å². The van der Waals surface area contributed by atoms with Crippen molar-refractivity contribution in [2.24, 2.45) is 0 Å². The molecule has 0 spiro atoms. The first kappa shape index (κ1) is 20.6. The van der Waals surface area contributed by atoms with E-state index >= 15 is 0 Å². The van der Waals surface area contributed by atoms with Crippen molar-refractivity contribution in [2.45, 2.75) is 38.9 Å². The maximum Gasteiger partial charge on any atom is 0.416 e. The predicted octanol–water partition coefficient (Wildman–Crippen LogP) is 4.98. The number of hydrogen-bond donors (Lipinski definition) is 1. The van der Waals surface area contributed by atoms with E-state index < -0.39 is 11.7 Å². The summed E-state index contributed by atoms with van der Waals surface area (Å²) in [6.45, 7) is 5.87. The zero-order chi connectivity index (χ0) is 21.2. The second kappa shape index (κ2) is 7.69. The zero-order valence-corrected chi connectivity index (χ0v) is 16.2. The number of hydrogen-bond acceptors (Lipinski definition) is 4. The number of alkyl halides is 3. The molecule has 1 aromatic heterocycles. The van der Waals surface area contributed by atoms with Crippen LogP contribution >= 0.6 is 0 Å². The quantitative estimate of drug-likeness (QED) is 0.667. The molecule has 3 aromatic rings. The highest BCUT2D eigenvalue weighted by Gasteiger charge is 2.30. The number of benzene rings is 2. The Labute approximate surface area is 165 Å². The Bertz CT molecular complexity index is 1000. The number of rotatable bonds is 4. The van der Waals surface area contributed by atoms with Crippen LogP contribution in [-0.4, -0.2) is 16.0 Å². The fourth-order valence-corrected chi connectivity index (χ4v) is 2.66. The molecule has 0 atom stereocenters. The van der Waals surface area contributed by atoms with Gasteiger partial charge in [-0.15, -0.1) is 0 Å². The summed E-state index contributed by atoms with van der Waals surface area (Å²) in [5.74, 6) is 0.421. The molecule has 29 heavy (non-hydrogen) atoms. The van der Waals surface area contributed by atoms with Gasteiger partial charge >= 0.3 is 6.18 Å². The van der Waals surface area contributed by atoms with Gasteiger partial charge in [-0.2, -0.15) is 18.2 Å². The third-order valence-electron chi connectivity index (χ3n) is 4.21. The normalized spacial score (nSPS) is 12.1. The molecule has 5 nitrogen and oxygen atoms in total. The fraction of sp³-hybridized carbons (Fsp3) is 0.286. The van der Waals surface area contributed by atoms with Crippen LogP contribution in [0.25, 0.3) is 11.1 Å². The summed E-state index contributed by atoms with van der Waals surface area (Å²) in [6.07, 6.45) is -4.41. The topological polar surface area (TPSA) is 68.0 Å². The first-order valence-electron chi connectivity index (χ1n) is 8.93. The molecule has 0 unspecified atom stereocenters. The van der Waals surface area contributed by atoms with Gasteiger partial charge < -0.3 is 9.84 Å². The van der Waals surface area contributed by atoms with Crippen molar-refractivity contribution in [3.8, 4) is 11.1 Å². The molecule has 0 aliphatic carbocycles. The summed E-state index contributed by atoms with van der Waals surface area (Å²) in [5.41, 5.74) is 0.340. The molecule has 152 valence electrons. The summed E-state index contributed by atoms with van der Waals surface area (Å²) in [5, 5.41) is 6.58. The molecular weight excluding hydrogens is 383 g/mol. The Morgan fingerprint density at radius 1 is 1.03 bits per heavy atom. The van der Waals surface area contributed by atoms with Crippen LogP contribution in [0.15, 0.2) is 53.1 Å². The van der Waals surface area contributed by atoms with Gasteiger partial charge in [-0.25, -0.2) is 0 Å². The number of halogens is 3. The standard InChI is InChI=1S/C21H20F3N3O2/c1-20(2,3)19-26-17(27-29-19)12-25-18(28)16-7-5-4-6-15(16)13-8-10-14(11-9-13)21(22,23)24/h4-11H,12H2,1-3H3,(H,25,28). The maximum absolute atomic E-state index is 12.8. The summed E-state index contributed by atoms with van der Waals surface area (Å²) in [7, 11) is 0. The summed E-state index contributed by atoms with van der Waals surface area (Å²) in [4.78, 5) is 16.9. The van der Waals surface area contributed by atoms with E-state index in [4.69, 9.17) is 4.52 Å². The minimum atomic E-state index is -4.41. The summed E-state index contributed by atoms with van der Waals surface area (Å²) >= 11 is 0. The number of carbonyl (C=O) groups is 1. The summed E-state index contributed by atoms with van der Waals surface area (Å²) < 4.78 is 43.5. The highest BCUT2D eigenvalue weighted by atomic mass is 19.4. The van der Waals surface area contributed by atoms with E-state index in [2.05, 4.69) is 15.5 Å². The Balaban J connectivity index is 1.78. The molecule has 1 N–H and O–H groups in total. The molecule has 0 radical (unpaired) electrons. The Morgan fingerprint density at radius 2 is 1.69 bits per heavy atom. The molecule has 0 saturated carbocycles. The molecule has 0 aliphatic heterocycles. The Kier molecular flexibility index (Phi) is 5.46. The van der Waals surface area contributed by atoms with Gasteiger partial charge in [0.15, 0.2) is 5.82 Å². The van der Waals surface area contributed by atoms with Crippen LogP contribution in [0.5, 0.6) is 0 Å². The lowest BCUT2D eigenvalue weighted by Crippen LogP contribution is -2.24. The lowest BCUT2D eigenvalue weighted by Gasteiger charge is -2.11. The highest BCUT2D eigenvalue weighted by Crippen LogP contribution is 2.31. The molecule has 2 aromatic carbocycles. The van der Waals surface area contributed by atoms with Gasteiger partial charge in [0.1, 0.15) is 0 Å². The molecule has 1 amide bonds. The monoisotopic (exact) mass is 403 g/mol. The minimum absolute atomic E-state index is 0.0692. The minimum Gasteiger partial charge on any atom is -0.345 e. The first-order chi connectivity index (χ1) is 13.6. The van der Waals surface area contributed by atoms with Crippen LogP contribution in [0.2, 0.25) is 0 Å². The predicted molar refractivity (Wildman–Crippen MR) is 101 cm³/mol. The number of carbonyl (C=O) groups excluding carboxylic acids is 1. The number of amides is 1. The molecule has 3 rings (SSSR count). The average molecular weight is 403 g/mol. The van der Waals surface area contributed by atoms with Crippen LogP contribution in [0, 0.1) is 0 Å². The van der Waals surface area contributed by atoms with Crippen LogP contribution in [-0.2, 0) is 18.1 Å². The zero-order valence-electron chi connectivity index (χ0n) is 16.2. The van der Waals surface area contributed by atoms with Gasteiger partial charge in [-0.05, 0) is 29.3 Å². The third-order valence-corrected chi connectivity index (χ3v) is 4.21. The van der Waals surface area contributed by atoms with Gasteiger partial charge in [-0.3, -0.25) is 4.79 Å². The van der Waals surface area contributed by atoms with E-state index in [1.54, 1.807) is 24.3 Å². The van der Waals surface area contributed by atoms with Crippen LogP contribution in [0.4, 0.5) is 13.2 Å². The first-order valence-corrected chi connectivity index (χ1v) is 8.93. The van der Waals surface area contributed by atoms with Crippen molar-refractivity contribution in [2.75, 3.05) is 0 Å². The van der Waals surface area contributed by atoms with Crippen molar-refractivity contribution < 1.29 is 22.5 Å². The second-order valence-corrected chi connectivity index (χ2v) is 7.57. The smallest absolute Gasteiger partial charge is 0.345 e. The molecule has 0 bridgehead atoms. The van der Waals surface area contributed by atoms with Gasteiger partial charge in [0.25, 0.3) is 5.91 Å². The van der Waals surface area contributed by atoms with Gasteiger partial charge in [0.05, 0.1) is 12.1 Å². The largest absolute Gasteiger partial charge is 0.416 e. The maximum atomic E-state index is 12.8. The van der Waals surface area contributed by atoms with E-state index in [-0.39, 0.29) is 17.9 Å². The Morgan fingerprint density at radius 3 is 2.28 bits per heavy atom. The van der Waals surface area contributed by atoms with E-state index in [1.807, 2.05) is 20.8 Å². The number of nitrogens with one attached hydrogen (secondary N) is 1. The van der Waals surface area contributed by atoms with Gasteiger partial charge in [-0.1, -0.05) is 56.3 Å². The van der Waals surface area contributed by atoms with Gasteiger partial charge in [0, 0.05) is 11.0 Å². The Hall–Kier alpha value is -3.16. The van der Waals surface area contributed by atoms with Crippen molar-refractivity contribution in [1.82, 2.24) is 15.5 Å². The number of aromatic nitrogens is 2. The fourth-order valence-electron chi connectivity index (χ4n) is 2.66. The lowest BCUT2D eigenvalue weighted by atomic mass is 9.97. The number of nitrogens with zero attached hydrogens (tertiary/aromatic N) is 2. The van der Waals surface area contributed by atoms with Crippen molar-refractivity contribution in [1.29, 1.82) is 0 Å². The van der Waals surface area contributed by atoms with Crippen LogP contribution in [0.1, 0.15) is 48.4 Å². The lowest BCUT2D eigenvalue weighted by molar-refractivity contribution is -0.137. The van der Waals surface area contributed by atoms with E-state index in [0.29, 0.717) is 28.4 Å². The SMILES string of the molecule is CC(C)(C)c1nc(CNC(=O)c2ccccc2-c2ccc(C(F)(F)F)cc2)no1. The molecule has 0 aliphatic rings. The molecule has 0 fully saturated rings. The molecule has 8 heteroatoms. The van der Waals surface area contributed by atoms with Crippen LogP contribution in [0.3, 0.4) is 0 Å². The second-order valence-electron chi connectivity index (χ2n) is 7.57. The highest BCUT2D eigenvalue weighted by molar-refractivity contribution is 6.00. The molecular formula is C21H20F3N3O2. The summed E-state index contributed by atoms with van der Waals surface area (Å²) in [6, 6.07) is 11.4. The third kappa shape index (κ3) is 4.82. The van der Waals surface area contributed by atoms with E-state index in [0.717, 1.165) is 12.1 Å². The van der Waals surface area contributed by atoms with Crippen LogP contribution < -0.4 is 5.32 Å². The van der Waals surface area contributed by atoms with Crippen molar-refractivity contribution >= 4 is 5.91 Å². The van der Waals surface area contributed by atoms with Gasteiger partial charge in [0.2, 0.25) is 5.89 Å². The van der Waals surface area contributed by atoms with E-state index in [9.17, 15) is 18.0 Å². The van der Waals surface area contributed by atoms with Crippen molar-refractivity contribution in [3.63, 3.8) is 0 Å². The van der Waals surface area contributed by atoms with Crippen molar-refractivity contribution in [3.05, 3.63) is 71.4 Å². The molecule has 0 saturated heterocycles. The molecule has 1 heterocycles. The average Bonchev–Trinajstić information content (AvgIpc) is 3.15.